The summed E-state index contributed by atoms with van der Waals surface area (Å²) >= 11 is 5.64. The molecule has 200 valence electrons. The van der Waals surface area contributed by atoms with E-state index in [4.69, 9.17) is 17.2 Å². The molecule has 0 bridgehead atoms. The van der Waals surface area contributed by atoms with E-state index in [0.29, 0.717) is 29.2 Å². The quantitative estimate of drug-likeness (QED) is 0.253. The lowest BCUT2D eigenvalue weighted by Gasteiger charge is -2.32. The van der Waals surface area contributed by atoms with Crippen molar-refractivity contribution >= 4 is 34.2 Å². The second-order valence-corrected chi connectivity index (χ2v) is 10.9. The monoisotopic (exact) mass is 541 g/mol. The van der Waals surface area contributed by atoms with Crippen LogP contribution in [-0.2, 0) is 26.6 Å². The molecule has 0 amide bonds. The molecule has 8 heteroatoms. The maximum Gasteiger partial charge on any atom is 0.262 e. The third-order valence-corrected chi connectivity index (χ3v) is 8.56. The second kappa shape index (κ2) is 10.9. The van der Waals surface area contributed by atoms with Gasteiger partial charge in [0.05, 0.1) is 21.9 Å². The Bertz CT molecular complexity index is 1750. The van der Waals surface area contributed by atoms with Gasteiger partial charge in [-0.15, -0.1) is 0 Å². The van der Waals surface area contributed by atoms with Crippen LogP contribution in [0.3, 0.4) is 0 Å². The van der Waals surface area contributed by atoms with Crippen molar-refractivity contribution < 1.29 is 4.39 Å². The molecule has 5 aromatic rings. The number of rotatable bonds is 7. The number of aromatic nitrogens is 4. The van der Waals surface area contributed by atoms with Crippen LogP contribution >= 0.6 is 12.2 Å². The Morgan fingerprint density at radius 3 is 2.36 bits per heavy atom. The largest absolute Gasteiger partial charge is 0.323 e. The van der Waals surface area contributed by atoms with Crippen molar-refractivity contribution in [3.8, 4) is 0 Å². The van der Waals surface area contributed by atoms with Crippen LogP contribution in [0.25, 0.3) is 21.9 Å². The first-order chi connectivity index (χ1) is 19.0. The zero-order valence-corrected chi connectivity index (χ0v) is 22.9. The average molecular weight is 542 g/mol. The Kier molecular flexibility index (Phi) is 7.14. The van der Waals surface area contributed by atoms with Gasteiger partial charge in [-0.1, -0.05) is 36.4 Å². The van der Waals surface area contributed by atoms with E-state index in [1.807, 2.05) is 60.1 Å². The number of halogens is 1. The summed E-state index contributed by atoms with van der Waals surface area (Å²) in [4.78, 5) is 20.5. The Balaban J connectivity index is 1.13. The van der Waals surface area contributed by atoms with Crippen molar-refractivity contribution in [2.24, 2.45) is 13.0 Å². The van der Waals surface area contributed by atoms with E-state index in [9.17, 15) is 9.18 Å². The summed E-state index contributed by atoms with van der Waals surface area (Å²) in [6.07, 6.45) is 3.09. The number of fused-ring (bicyclic) bond motifs is 2. The van der Waals surface area contributed by atoms with E-state index < -0.39 is 0 Å². The lowest BCUT2D eigenvalue weighted by atomic mass is 9.93. The van der Waals surface area contributed by atoms with E-state index in [2.05, 4.69) is 21.6 Å². The Hall–Kier alpha value is -3.62. The molecule has 0 aliphatic carbocycles. The molecule has 2 aromatic heterocycles. The van der Waals surface area contributed by atoms with Crippen molar-refractivity contribution in [1.29, 1.82) is 0 Å². The molecule has 1 saturated heterocycles. The Morgan fingerprint density at radius 2 is 1.59 bits per heavy atom. The summed E-state index contributed by atoms with van der Waals surface area (Å²) in [5.41, 5.74) is 4.04. The molecule has 1 aliphatic rings. The molecule has 39 heavy (non-hydrogen) atoms. The summed E-state index contributed by atoms with van der Waals surface area (Å²) in [6, 6.07) is 22.6. The third kappa shape index (κ3) is 5.18. The zero-order chi connectivity index (χ0) is 26.9. The van der Waals surface area contributed by atoms with E-state index in [1.54, 1.807) is 4.57 Å². The summed E-state index contributed by atoms with van der Waals surface area (Å²) in [5, 5.41) is 0.704. The maximum atomic E-state index is 13.5. The van der Waals surface area contributed by atoms with Crippen LogP contribution in [0.2, 0.25) is 0 Å². The fourth-order valence-corrected chi connectivity index (χ4v) is 6.08. The molecular formula is C31H32FN5OS. The normalized spacial score (nSPS) is 14.9. The fraction of sp³-hybridized carbons (Fsp3) is 0.323. The number of imidazole rings is 1. The van der Waals surface area contributed by atoms with Gasteiger partial charge in [0, 0.05) is 33.1 Å². The summed E-state index contributed by atoms with van der Waals surface area (Å²) in [7, 11) is 1.93. The molecule has 0 atom stereocenters. The molecule has 6 nitrogen and oxygen atoms in total. The average Bonchev–Trinajstić information content (AvgIpc) is 3.30. The fourth-order valence-electron chi connectivity index (χ4n) is 5.80. The van der Waals surface area contributed by atoms with E-state index in [-0.39, 0.29) is 11.4 Å². The Morgan fingerprint density at radius 1 is 0.897 bits per heavy atom. The highest BCUT2D eigenvalue weighted by Gasteiger charge is 2.22. The SMILES string of the molecule is Cn1c(=S)n(CCN2CCC(Cc3nc4ccccc4n3Cc3ccc(F)cc3)CC2)c(=O)c2ccccc21. The second-order valence-electron chi connectivity index (χ2n) is 10.5. The first-order valence-corrected chi connectivity index (χ1v) is 14.0. The van der Waals surface area contributed by atoms with Gasteiger partial charge < -0.3 is 14.0 Å². The van der Waals surface area contributed by atoms with Gasteiger partial charge in [-0.05, 0) is 86.0 Å². The van der Waals surface area contributed by atoms with Crippen LogP contribution in [0, 0.1) is 16.5 Å². The minimum Gasteiger partial charge on any atom is -0.323 e. The molecule has 6 rings (SSSR count). The predicted molar refractivity (Wildman–Crippen MR) is 156 cm³/mol. The van der Waals surface area contributed by atoms with Crippen molar-refractivity contribution in [3.63, 3.8) is 0 Å². The van der Waals surface area contributed by atoms with Crippen LogP contribution in [0.15, 0.2) is 77.6 Å². The first kappa shape index (κ1) is 25.6. The van der Waals surface area contributed by atoms with Crippen molar-refractivity contribution in [2.45, 2.75) is 32.4 Å². The van der Waals surface area contributed by atoms with E-state index in [0.717, 1.165) is 66.8 Å². The number of piperidine rings is 1. The number of hydrogen-bond donors (Lipinski definition) is 0. The number of aryl methyl sites for hydroxylation is 1. The highest BCUT2D eigenvalue weighted by molar-refractivity contribution is 7.71. The van der Waals surface area contributed by atoms with Crippen LogP contribution in [-0.4, -0.2) is 43.2 Å². The standard InChI is InChI=1S/C31H32FN5OS/c1-34-27-8-4-2-6-25(27)30(38)36(31(34)39)19-18-35-16-14-22(15-17-35)20-29-33-26-7-3-5-9-28(26)37(29)21-23-10-12-24(32)13-11-23/h2-13,22H,14-21H2,1H3. The summed E-state index contributed by atoms with van der Waals surface area (Å²) < 4.78 is 20.0. The molecule has 0 unspecified atom stereocenters. The zero-order valence-electron chi connectivity index (χ0n) is 22.1. The highest BCUT2D eigenvalue weighted by Crippen LogP contribution is 2.25. The molecule has 0 radical (unpaired) electrons. The number of nitrogens with zero attached hydrogens (tertiary/aromatic N) is 5. The van der Waals surface area contributed by atoms with Crippen LogP contribution in [0.1, 0.15) is 24.2 Å². The summed E-state index contributed by atoms with van der Waals surface area (Å²) in [6.45, 7) is 4.05. The van der Waals surface area contributed by atoms with E-state index in [1.165, 1.54) is 12.1 Å². The van der Waals surface area contributed by atoms with Crippen LogP contribution in [0.5, 0.6) is 0 Å². The van der Waals surface area contributed by atoms with Crippen molar-refractivity contribution in [2.75, 3.05) is 19.6 Å². The molecule has 1 fully saturated rings. The third-order valence-electron chi connectivity index (χ3n) is 8.06. The topological polar surface area (TPSA) is 48.0 Å². The van der Waals surface area contributed by atoms with Crippen LogP contribution < -0.4 is 5.56 Å². The molecule has 0 saturated carbocycles. The molecule has 3 heterocycles. The first-order valence-electron chi connectivity index (χ1n) is 13.6. The minimum atomic E-state index is -0.218. The van der Waals surface area contributed by atoms with Gasteiger partial charge in [-0.25, -0.2) is 9.37 Å². The smallest absolute Gasteiger partial charge is 0.262 e. The highest BCUT2D eigenvalue weighted by atomic mass is 32.1. The molecule has 1 aliphatic heterocycles. The molecular weight excluding hydrogens is 509 g/mol. The lowest BCUT2D eigenvalue weighted by Crippen LogP contribution is -2.38. The van der Waals surface area contributed by atoms with Gasteiger partial charge in [-0.2, -0.15) is 0 Å². The van der Waals surface area contributed by atoms with Gasteiger partial charge >= 0.3 is 0 Å². The Labute approximate surface area is 231 Å². The van der Waals surface area contributed by atoms with Crippen LogP contribution in [0.4, 0.5) is 4.39 Å². The molecule has 0 spiro atoms. The lowest BCUT2D eigenvalue weighted by molar-refractivity contribution is 0.176. The van der Waals surface area contributed by atoms with E-state index >= 15 is 0 Å². The van der Waals surface area contributed by atoms with Gasteiger partial charge in [0.15, 0.2) is 4.77 Å². The van der Waals surface area contributed by atoms with Gasteiger partial charge in [0.25, 0.3) is 5.56 Å². The maximum absolute atomic E-state index is 13.5. The number of benzene rings is 3. The number of para-hydroxylation sites is 3. The predicted octanol–water partition coefficient (Wildman–Crippen LogP) is 5.56. The molecule has 3 aromatic carbocycles. The van der Waals surface area contributed by atoms with Gasteiger partial charge in [0.2, 0.25) is 0 Å². The van der Waals surface area contributed by atoms with Crippen molar-refractivity contribution in [1.82, 2.24) is 23.6 Å². The van der Waals surface area contributed by atoms with Gasteiger partial charge in [0.1, 0.15) is 11.6 Å². The number of hydrogen-bond acceptors (Lipinski definition) is 4. The minimum absolute atomic E-state index is 0.0105. The summed E-state index contributed by atoms with van der Waals surface area (Å²) in [5.74, 6) is 1.41. The molecule has 0 N–H and O–H groups in total. The van der Waals surface area contributed by atoms with Gasteiger partial charge in [-0.3, -0.25) is 9.36 Å². The van der Waals surface area contributed by atoms with Crippen molar-refractivity contribution in [3.05, 3.63) is 105 Å². The number of likely N-dealkylation sites (tertiary alicyclic amines) is 1.